The number of hydrogen-bond acceptors (Lipinski definition) is 7. The summed E-state index contributed by atoms with van der Waals surface area (Å²) >= 11 is 4.44. The lowest BCUT2D eigenvalue weighted by atomic mass is 9.78. The molecule has 0 spiro atoms. The molecule has 2 aromatic rings. The topological polar surface area (TPSA) is 118 Å². The fourth-order valence-electron chi connectivity index (χ4n) is 3.83. The monoisotopic (exact) mass is 557 g/mol. The van der Waals surface area contributed by atoms with Gasteiger partial charge in [0.15, 0.2) is 0 Å². The summed E-state index contributed by atoms with van der Waals surface area (Å²) in [7, 11) is 2.71. The average Bonchev–Trinajstić information content (AvgIpc) is 2.83. The van der Waals surface area contributed by atoms with Gasteiger partial charge in [0.1, 0.15) is 11.7 Å². The van der Waals surface area contributed by atoms with E-state index in [2.05, 4.69) is 32.6 Å². The van der Waals surface area contributed by atoms with Crippen LogP contribution in [0, 0.1) is 31.1 Å². The highest BCUT2D eigenvalue weighted by Crippen LogP contribution is 2.42. The second-order valence-corrected chi connectivity index (χ2v) is 9.71. The lowest BCUT2D eigenvalue weighted by molar-refractivity contribution is -0.150. The van der Waals surface area contributed by atoms with E-state index < -0.39 is 23.7 Å². The molecule has 182 valence electrons. The van der Waals surface area contributed by atoms with Crippen LogP contribution in [0.25, 0.3) is 0 Å². The van der Waals surface area contributed by atoms with Crippen molar-refractivity contribution in [2.75, 3.05) is 25.3 Å². The highest BCUT2D eigenvalue weighted by Gasteiger charge is 2.44. The Balaban J connectivity index is 1.92. The summed E-state index contributed by atoms with van der Waals surface area (Å²) in [6.45, 7) is 3.87. The van der Waals surface area contributed by atoms with E-state index in [9.17, 15) is 19.6 Å². The number of amides is 2. The maximum atomic E-state index is 13.0. The molecule has 1 heterocycles. The van der Waals surface area contributed by atoms with Crippen LogP contribution in [0.15, 0.2) is 51.5 Å². The van der Waals surface area contributed by atoms with Crippen molar-refractivity contribution in [2.24, 2.45) is 5.92 Å². The van der Waals surface area contributed by atoms with Crippen LogP contribution in [-0.2, 0) is 19.1 Å². The molecule has 0 aromatic heterocycles. The van der Waals surface area contributed by atoms with E-state index in [1.807, 2.05) is 32.0 Å². The Morgan fingerprint density at radius 2 is 1.94 bits per heavy atom. The highest BCUT2D eigenvalue weighted by atomic mass is 79.9. The Hall–Kier alpha value is -3.29. The number of carbonyl (C=O) groups excluding carboxylic acids is 3. The van der Waals surface area contributed by atoms with E-state index in [-0.39, 0.29) is 22.3 Å². The molecular weight excluding hydrogens is 534 g/mol. The first-order valence-corrected chi connectivity index (χ1v) is 12.3. The molecule has 0 radical (unpaired) electrons. The first kappa shape index (κ1) is 26.3. The molecule has 2 amide bonds. The van der Waals surface area contributed by atoms with E-state index in [0.29, 0.717) is 21.5 Å². The van der Waals surface area contributed by atoms with Crippen LogP contribution in [0.4, 0.5) is 5.69 Å². The molecule has 0 aliphatic carbocycles. The van der Waals surface area contributed by atoms with Crippen molar-refractivity contribution in [2.45, 2.75) is 19.8 Å². The van der Waals surface area contributed by atoms with Crippen LogP contribution < -0.4 is 15.4 Å². The zero-order valence-electron chi connectivity index (χ0n) is 19.6. The van der Waals surface area contributed by atoms with Gasteiger partial charge in [-0.15, -0.1) is 0 Å². The lowest BCUT2D eigenvalue weighted by Gasteiger charge is -2.31. The Morgan fingerprint density at radius 1 is 1.20 bits per heavy atom. The number of carbonyl (C=O) groups is 3. The van der Waals surface area contributed by atoms with E-state index >= 15 is 0 Å². The lowest BCUT2D eigenvalue weighted by Crippen LogP contribution is -2.44. The van der Waals surface area contributed by atoms with Gasteiger partial charge in [0.2, 0.25) is 11.8 Å². The van der Waals surface area contributed by atoms with Gasteiger partial charge in [-0.2, -0.15) is 5.26 Å². The minimum absolute atomic E-state index is 0.0456. The van der Waals surface area contributed by atoms with Crippen molar-refractivity contribution in [3.8, 4) is 11.8 Å². The molecule has 0 saturated heterocycles. The van der Waals surface area contributed by atoms with Crippen molar-refractivity contribution in [1.29, 1.82) is 5.26 Å². The van der Waals surface area contributed by atoms with E-state index in [4.69, 9.17) is 9.47 Å². The van der Waals surface area contributed by atoms with Crippen molar-refractivity contribution in [1.82, 2.24) is 5.32 Å². The number of benzene rings is 2. The fourth-order valence-corrected chi connectivity index (χ4v) is 5.24. The number of methoxy groups -OCH3 is 2. The molecule has 2 atom stereocenters. The van der Waals surface area contributed by atoms with Crippen molar-refractivity contribution in [3.63, 3.8) is 0 Å². The molecule has 35 heavy (non-hydrogen) atoms. The standard InChI is InChI=1S/C25H24BrN3O5S/c1-13-5-7-18(14(2)9-13)28-20(30)12-35-24-16(11-27)21(22(23(31)29-24)25(32)34-4)15-6-8-19(33-3)17(26)10-15/h5-10,21-22H,12H2,1-4H3,(H,28,30)(H,29,31)/t21-,22+/m1/s1. The first-order chi connectivity index (χ1) is 16.7. The molecule has 2 aromatic carbocycles. The number of nitriles is 1. The summed E-state index contributed by atoms with van der Waals surface area (Å²) < 4.78 is 10.7. The number of thioether (sulfide) groups is 1. The maximum absolute atomic E-state index is 13.0. The maximum Gasteiger partial charge on any atom is 0.319 e. The molecule has 3 rings (SSSR count). The Morgan fingerprint density at radius 3 is 2.54 bits per heavy atom. The van der Waals surface area contributed by atoms with Gasteiger partial charge < -0.3 is 20.1 Å². The molecule has 0 saturated carbocycles. The predicted molar refractivity (Wildman–Crippen MR) is 137 cm³/mol. The number of rotatable bonds is 7. The number of nitrogens with one attached hydrogen (secondary N) is 2. The number of allylic oxidation sites excluding steroid dienone is 1. The summed E-state index contributed by atoms with van der Waals surface area (Å²) in [6, 6.07) is 12.9. The van der Waals surface area contributed by atoms with Gasteiger partial charge in [-0.1, -0.05) is 35.5 Å². The van der Waals surface area contributed by atoms with Crippen LogP contribution in [0.2, 0.25) is 0 Å². The smallest absolute Gasteiger partial charge is 0.319 e. The van der Waals surface area contributed by atoms with Crippen LogP contribution >= 0.6 is 27.7 Å². The molecule has 0 bridgehead atoms. The molecule has 2 N–H and O–H groups in total. The average molecular weight is 558 g/mol. The van der Waals surface area contributed by atoms with E-state index in [0.717, 1.165) is 22.9 Å². The third-order valence-corrected chi connectivity index (χ3v) is 7.16. The van der Waals surface area contributed by atoms with Crippen LogP contribution in [0.5, 0.6) is 5.75 Å². The van der Waals surface area contributed by atoms with Gasteiger partial charge in [0, 0.05) is 11.6 Å². The normalized spacial score (nSPS) is 17.3. The minimum atomic E-state index is -1.26. The molecule has 10 heteroatoms. The number of hydrogen-bond donors (Lipinski definition) is 2. The SMILES string of the molecule is COC(=O)[C@@H]1C(=O)NC(SCC(=O)Nc2ccc(C)cc2C)=C(C#N)[C@H]1c1ccc(OC)c(Br)c1. The molecule has 8 nitrogen and oxygen atoms in total. The summed E-state index contributed by atoms with van der Waals surface area (Å²) in [5.74, 6) is -3.30. The zero-order chi connectivity index (χ0) is 25.7. The fraction of sp³-hybridized carbons (Fsp3) is 0.280. The second-order valence-electron chi connectivity index (χ2n) is 7.87. The number of nitrogens with zero attached hydrogens (tertiary/aromatic N) is 1. The van der Waals surface area contributed by atoms with Crippen LogP contribution in [0.1, 0.15) is 22.6 Å². The number of halogens is 1. The van der Waals surface area contributed by atoms with Gasteiger partial charge >= 0.3 is 5.97 Å². The quantitative estimate of drug-likeness (QED) is 0.387. The largest absolute Gasteiger partial charge is 0.496 e. The number of esters is 1. The van der Waals surface area contributed by atoms with Gasteiger partial charge in [0.25, 0.3) is 0 Å². The van der Waals surface area contributed by atoms with Crippen molar-refractivity contribution < 1.29 is 23.9 Å². The molecule has 0 unspecified atom stereocenters. The number of anilines is 1. The third kappa shape index (κ3) is 5.86. The van der Waals surface area contributed by atoms with Crippen LogP contribution in [-0.4, -0.2) is 37.8 Å². The minimum Gasteiger partial charge on any atom is -0.496 e. The third-order valence-electron chi connectivity index (χ3n) is 5.52. The molecule has 1 aliphatic rings. The second kappa shape index (κ2) is 11.4. The Bertz CT molecular complexity index is 1250. The zero-order valence-corrected chi connectivity index (χ0v) is 22.0. The van der Waals surface area contributed by atoms with E-state index in [1.54, 1.807) is 18.2 Å². The Labute approximate surface area is 216 Å². The highest BCUT2D eigenvalue weighted by molar-refractivity contribution is 9.10. The molecule has 0 fully saturated rings. The van der Waals surface area contributed by atoms with Gasteiger partial charge in [0.05, 0.1) is 41.1 Å². The Kier molecular flexibility index (Phi) is 8.59. The number of ether oxygens (including phenoxy) is 2. The predicted octanol–water partition coefficient (Wildman–Crippen LogP) is 4.18. The molecule has 1 aliphatic heterocycles. The van der Waals surface area contributed by atoms with Gasteiger partial charge in [-0.05, 0) is 59.1 Å². The number of aryl methyl sites for hydroxylation is 2. The van der Waals surface area contributed by atoms with Gasteiger partial charge in [-0.25, -0.2) is 0 Å². The summed E-state index contributed by atoms with van der Waals surface area (Å²) in [4.78, 5) is 38.1. The summed E-state index contributed by atoms with van der Waals surface area (Å²) in [5, 5.41) is 15.7. The summed E-state index contributed by atoms with van der Waals surface area (Å²) in [6.07, 6.45) is 0. The van der Waals surface area contributed by atoms with Gasteiger partial charge in [-0.3, -0.25) is 14.4 Å². The van der Waals surface area contributed by atoms with Crippen LogP contribution in [0.3, 0.4) is 0 Å². The summed E-state index contributed by atoms with van der Waals surface area (Å²) in [5.41, 5.74) is 3.42. The molecular formula is C25H24BrN3O5S. The first-order valence-electron chi connectivity index (χ1n) is 10.6. The van der Waals surface area contributed by atoms with E-state index in [1.165, 1.54) is 14.2 Å². The van der Waals surface area contributed by atoms with Crippen molar-refractivity contribution >= 4 is 51.2 Å². The van der Waals surface area contributed by atoms with Crippen molar-refractivity contribution in [3.05, 3.63) is 68.2 Å².